The maximum atomic E-state index is 14.8. The van der Waals surface area contributed by atoms with Crippen molar-refractivity contribution >= 4 is 5.57 Å². The number of aromatic hydroxyl groups is 1. The highest BCUT2D eigenvalue weighted by Crippen LogP contribution is 2.40. The Kier molecular flexibility index (Phi) is 4.58. The number of hydrogen-bond acceptors (Lipinski definition) is 5. The van der Waals surface area contributed by atoms with Crippen molar-refractivity contribution in [2.45, 2.75) is 37.3 Å². The first-order valence-electron chi connectivity index (χ1n) is 9.88. The summed E-state index contributed by atoms with van der Waals surface area (Å²) in [6.07, 6.45) is 6.49. The lowest BCUT2D eigenvalue weighted by atomic mass is 9.83. The van der Waals surface area contributed by atoms with E-state index in [-0.39, 0.29) is 18.2 Å². The Labute approximate surface area is 172 Å². The van der Waals surface area contributed by atoms with Crippen molar-refractivity contribution in [3.63, 3.8) is 0 Å². The van der Waals surface area contributed by atoms with E-state index < -0.39 is 24.3 Å². The van der Waals surface area contributed by atoms with Gasteiger partial charge in [0, 0.05) is 42.0 Å². The van der Waals surface area contributed by atoms with Gasteiger partial charge in [0.05, 0.1) is 35.8 Å². The van der Waals surface area contributed by atoms with Crippen LogP contribution in [0.4, 0.5) is 8.78 Å². The standard InChI is InChI=1S/C22H21F2N5O/c1-12(15-7-17-16(23)8-18(28-17)22(15)24)19-9-27-20(10-26-19)14-3-2-13(6-21(14)30)29-5-4-25-11-29/h2-6,9-11,15-18,22,28,30H,1,7-8H2/t15-,16-,17?,18?,22-/m0/s1. The van der Waals surface area contributed by atoms with Gasteiger partial charge in [-0.05, 0) is 30.5 Å². The zero-order chi connectivity index (χ0) is 20.8. The van der Waals surface area contributed by atoms with Gasteiger partial charge in [-0.2, -0.15) is 0 Å². The predicted octanol–water partition coefficient (Wildman–Crippen LogP) is 3.47. The third-order valence-electron chi connectivity index (χ3n) is 6.11. The van der Waals surface area contributed by atoms with Gasteiger partial charge in [-0.1, -0.05) is 6.58 Å². The fourth-order valence-electron chi connectivity index (χ4n) is 4.44. The van der Waals surface area contributed by atoms with Gasteiger partial charge in [-0.25, -0.2) is 13.8 Å². The van der Waals surface area contributed by atoms with Crippen LogP contribution in [-0.2, 0) is 0 Å². The number of fused-ring (bicyclic) bond motifs is 2. The van der Waals surface area contributed by atoms with Crippen LogP contribution in [0.25, 0.3) is 22.5 Å². The summed E-state index contributed by atoms with van der Waals surface area (Å²) < 4.78 is 30.6. The van der Waals surface area contributed by atoms with E-state index in [9.17, 15) is 13.9 Å². The third-order valence-corrected chi connectivity index (χ3v) is 6.11. The zero-order valence-corrected chi connectivity index (χ0v) is 16.1. The topological polar surface area (TPSA) is 75.9 Å². The molecular weight excluding hydrogens is 388 g/mol. The molecule has 4 heterocycles. The first-order chi connectivity index (χ1) is 14.5. The van der Waals surface area contributed by atoms with E-state index in [1.807, 2.05) is 6.07 Å². The second-order valence-corrected chi connectivity index (χ2v) is 7.90. The number of hydrogen-bond donors (Lipinski definition) is 2. The van der Waals surface area contributed by atoms with Crippen LogP contribution in [-0.4, -0.2) is 49.1 Å². The Morgan fingerprint density at radius 3 is 2.73 bits per heavy atom. The summed E-state index contributed by atoms with van der Waals surface area (Å²) in [5.74, 6) is -0.417. The Bertz CT molecular complexity index is 1070. The van der Waals surface area contributed by atoms with Crippen molar-refractivity contribution in [3.05, 3.63) is 61.6 Å². The quantitative estimate of drug-likeness (QED) is 0.690. The molecule has 0 radical (unpaired) electrons. The lowest BCUT2D eigenvalue weighted by Crippen LogP contribution is -2.48. The van der Waals surface area contributed by atoms with Crippen LogP contribution in [0.1, 0.15) is 18.5 Å². The largest absolute Gasteiger partial charge is 0.507 e. The maximum Gasteiger partial charge on any atom is 0.127 e. The van der Waals surface area contributed by atoms with Crippen molar-refractivity contribution in [2.24, 2.45) is 5.92 Å². The summed E-state index contributed by atoms with van der Waals surface area (Å²) in [5.41, 5.74) is 2.82. The first kappa shape index (κ1) is 18.9. The summed E-state index contributed by atoms with van der Waals surface area (Å²) in [4.78, 5) is 12.8. The molecule has 3 aromatic rings. The van der Waals surface area contributed by atoms with E-state index in [1.54, 1.807) is 35.4 Å². The van der Waals surface area contributed by atoms with Gasteiger partial charge in [0.25, 0.3) is 0 Å². The summed E-state index contributed by atoms with van der Waals surface area (Å²) in [5, 5.41) is 13.5. The maximum absolute atomic E-state index is 14.8. The van der Waals surface area contributed by atoms with Crippen molar-refractivity contribution in [1.82, 2.24) is 24.8 Å². The molecule has 0 spiro atoms. The van der Waals surface area contributed by atoms with Gasteiger partial charge in [0.1, 0.15) is 18.1 Å². The fraction of sp³-hybridized carbons (Fsp3) is 0.318. The molecule has 2 aliphatic rings. The first-order valence-corrected chi connectivity index (χ1v) is 9.88. The Hall–Kier alpha value is -3.13. The smallest absolute Gasteiger partial charge is 0.127 e. The van der Waals surface area contributed by atoms with Gasteiger partial charge in [-0.15, -0.1) is 0 Å². The molecular formula is C22H21F2N5O. The number of rotatable bonds is 4. The van der Waals surface area contributed by atoms with Crippen LogP contribution < -0.4 is 5.32 Å². The van der Waals surface area contributed by atoms with Crippen LogP contribution >= 0.6 is 0 Å². The number of nitrogens with zero attached hydrogens (tertiary/aromatic N) is 4. The fourth-order valence-corrected chi connectivity index (χ4v) is 4.44. The highest BCUT2D eigenvalue weighted by Gasteiger charge is 2.48. The highest BCUT2D eigenvalue weighted by molar-refractivity contribution is 5.69. The highest BCUT2D eigenvalue weighted by atomic mass is 19.1. The van der Waals surface area contributed by atoms with Gasteiger partial charge < -0.3 is 15.0 Å². The minimum Gasteiger partial charge on any atom is -0.507 e. The molecule has 5 rings (SSSR count). The number of allylic oxidation sites excluding steroid dienone is 1. The van der Waals surface area contributed by atoms with Crippen LogP contribution in [0.5, 0.6) is 5.75 Å². The van der Waals surface area contributed by atoms with Crippen molar-refractivity contribution in [1.29, 1.82) is 0 Å². The average Bonchev–Trinajstić information content (AvgIpc) is 3.39. The minimum atomic E-state index is -1.20. The van der Waals surface area contributed by atoms with Crippen molar-refractivity contribution in [3.8, 4) is 22.7 Å². The second kappa shape index (κ2) is 7.28. The molecule has 2 saturated heterocycles. The summed E-state index contributed by atoms with van der Waals surface area (Å²) in [6.45, 7) is 4.03. The Morgan fingerprint density at radius 1 is 1.17 bits per heavy atom. The number of imidazole rings is 1. The van der Waals surface area contributed by atoms with E-state index in [1.165, 1.54) is 12.4 Å². The average molecular weight is 409 g/mol. The monoisotopic (exact) mass is 409 g/mol. The van der Waals surface area contributed by atoms with E-state index in [4.69, 9.17) is 0 Å². The normalized spacial score (nSPS) is 27.9. The molecule has 0 amide bonds. The lowest BCUT2D eigenvalue weighted by Gasteiger charge is -2.33. The number of nitrogens with one attached hydrogen (secondary N) is 1. The predicted molar refractivity (Wildman–Crippen MR) is 109 cm³/mol. The molecule has 6 nitrogen and oxygen atoms in total. The Morgan fingerprint density at radius 2 is 2.03 bits per heavy atom. The molecule has 2 aromatic heterocycles. The molecule has 2 unspecified atom stereocenters. The minimum absolute atomic E-state index is 0.0646. The number of aromatic nitrogens is 4. The van der Waals surface area contributed by atoms with Crippen molar-refractivity contribution < 1.29 is 13.9 Å². The number of piperidine rings is 1. The summed E-state index contributed by atoms with van der Waals surface area (Å²) >= 11 is 0. The Balaban J connectivity index is 1.36. The molecule has 8 heteroatoms. The second-order valence-electron chi connectivity index (χ2n) is 7.90. The van der Waals surface area contributed by atoms with E-state index in [0.29, 0.717) is 28.9 Å². The molecule has 0 saturated carbocycles. The van der Waals surface area contributed by atoms with E-state index >= 15 is 0 Å². The molecule has 2 N–H and O–H groups in total. The lowest BCUT2D eigenvalue weighted by molar-refractivity contribution is 0.163. The van der Waals surface area contributed by atoms with Crippen LogP contribution in [0.15, 0.2) is 55.9 Å². The molecule has 2 bridgehead atoms. The molecule has 154 valence electrons. The van der Waals surface area contributed by atoms with Gasteiger partial charge >= 0.3 is 0 Å². The van der Waals surface area contributed by atoms with Gasteiger partial charge in [-0.3, -0.25) is 9.97 Å². The van der Waals surface area contributed by atoms with Crippen LogP contribution in [0, 0.1) is 5.92 Å². The van der Waals surface area contributed by atoms with Gasteiger partial charge in [0.2, 0.25) is 0 Å². The van der Waals surface area contributed by atoms with Crippen LogP contribution in [0.2, 0.25) is 0 Å². The number of benzene rings is 1. The molecule has 0 aliphatic carbocycles. The third kappa shape index (κ3) is 3.17. The van der Waals surface area contributed by atoms with Gasteiger partial charge in [0.15, 0.2) is 0 Å². The molecule has 1 aromatic carbocycles. The summed E-state index contributed by atoms with van der Waals surface area (Å²) in [6, 6.07) is 4.42. The molecule has 2 aliphatic heterocycles. The molecule has 30 heavy (non-hydrogen) atoms. The van der Waals surface area contributed by atoms with Crippen molar-refractivity contribution in [2.75, 3.05) is 0 Å². The summed E-state index contributed by atoms with van der Waals surface area (Å²) in [7, 11) is 0. The molecule has 5 atom stereocenters. The number of alkyl halides is 2. The number of halogens is 2. The van der Waals surface area contributed by atoms with Crippen LogP contribution in [0.3, 0.4) is 0 Å². The molecule has 2 fully saturated rings. The number of phenols is 1. The number of phenolic OH excluding ortho intramolecular Hbond substituents is 1. The SMILES string of the molecule is C=C(c1cnc(-c2ccc(-n3ccnc3)cc2O)cn1)[C@@H]1CC2NC(C[C@@H]2F)[C@H]1F. The van der Waals surface area contributed by atoms with E-state index in [2.05, 4.69) is 26.8 Å². The van der Waals surface area contributed by atoms with E-state index in [0.717, 1.165) is 5.69 Å². The zero-order valence-electron chi connectivity index (χ0n) is 16.1.